The molecule has 0 amide bonds. The maximum absolute atomic E-state index is 9.42. The lowest BCUT2D eigenvalue weighted by molar-refractivity contribution is 0.0707. The van der Waals surface area contributed by atoms with Gasteiger partial charge >= 0.3 is 0 Å². The van der Waals surface area contributed by atoms with Gasteiger partial charge in [0, 0.05) is 22.3 Å². The highest BCUT2D eigenvalue weighted by atomic mass is 16.5. The molecular weight excluding hydrogens is 781 g/mol. The van der Waals surface area contributed by atoms with E-state index in [0.29, 0.717) is 26.4 Å². The normalized spacial score (nSPS) is 12.4. The lowest BCUT2D eigenvalue weighted by Gasteiger charge is -2.36. The van der Waals surface area contributed by atoms with Crippen LogP contribution in [0, 0.1) is 0 Å². The first-order valence-corrected chi connectivity index (χ1v) is 21.6. The average Bonchev–Trinajstić information content (AvgIpc) is 3.66. The van der Waals surface area contributed by atoms with E-state index < -0.39 is 5.41 Å². The van der Waals surface area contributed by atoms with Gasteiger partial charge in [0.1, 0.15) is 24.7 Å². The average molecular weight is 831 g/mol. The predicted octanol–water partition coefficient (Wildman–Crippen LogP) is 11.5. The molecule has 0 saturated carbocycles. The van der Waals surface area contributed by atoms with Crippen molar-refractivity contribution >= 4 is 0 Å². The van der Waals surface area contributed by atoms with Crippen LogP contribution in [-0.4, -0.2) is 63.1 Å². The second-order valence-corrected chi connectivity index (χ2v) is 15.5. The molecule has 0 spiro atoms. The van der Waals surface area contributed by atoms with E-state index in [1.807, 2.05) is 24.3 Å². The molecule has 0 unspecified atom stereocenters. The second kappa shape index (κ2) is 19.5. The molecule has 8 aromatic rings. The molecule has 9 rings (SSSR count). The fourth-order valence-electron chi connectivity index (χ4n) is 9.09. The molecule has 63 heavy (non-hydrogen) atoms. The predicted molar refractivity (Wildman–Crippen MR) is 252 cm³/mol. The summed E-state index contributed by atoms with van der Waals surface area (Å²) >= 11 is 0. The van der Waals surface area contributed by atoms with E-state index in [-0.39, 0.29) is 26.4 Å². The molecule has 6 heteroatoms. The monoisotopic (exact) mass is 830 g/mol. The molecule has 1 aliphatic carbocycles. The van der Waals surface area contributed by atoms with Gasteiger partial charge in [-0.3, -0.25) is 0 Å². The minimum atomic E-state index is -0.821. The molecular formula is C57H50O6. The van der Waals surface area contributed by atoms with Crippen LogP contribution in [0.25, 0.3) is 55.6 Å². The Hall–Kier alpha value is -6.80. The number of fused-ring (bicyclic) bond motifs is 3. The Bertz CT molecular complexity index is 2440. The van der Waals surface area contributed by atoms with Crippen LogP contribution in [0.15, 0.2) is 194 Å². The molecule has 0 saturated heterocycles. The van der Waals surface area contributed by atoms with Crippen LogP contribution in [0.1, 0.15) is 22.3 Å². The maximum atomic E-state index is 9.42. The van der Waals surface area contributed by atoms with Crippen molar-refractivity contribution in [3.05, 3.63) is 216 Å². The summed E-state index contributed by atoms with van der Waals surface area (Å²) in [6, 6.07) is 68.8. The number of aliphatic hydroxyl groups is 2. The van der Waals surface area contributed by atoms with Gasteiger partial charge in [0.05, 0.1) is 45.1 Å². The summed E-state index contributed by atoms with van der Waals surface area (Å²) in [6.45, 7) is 1.69. The van der Waals surface area contributed by atoms with Crippen molar-refractivity contribution in [2.24, 2.45) is 0 Å². The minimum Gasteiger partial charge on any atom is -0.490 e. The number of hydrogen-bond acceptors (Lipinski definition) is 6. The molecule has 0 atom stereocenters. The van der Waals surface area contributed by atoms with E-state index in [4.69, 9.17) is 18.9 Å². The third-order valence-electron chi connectivity index (χ3n) is 11.8. The van der Waals surface area contributed by atoms with Gasteiger partial charge in [0.2, 0.25) is 0 Å². The quantitative estimate of drug-likeness (QED) is 0.0839. The highest BCUT2D eigenvalue weighted by molar-refractivity contribution is 5.92. The van der Waals surface area contributed by atoms with Crippen molar-refractivity contribution in [2.75, 3.05) is 52.9 Å². The molecule has 0 bridgehead atoms. The molecule has 0 heterocycles. The van der Waals surface area contributed by atoms with Crippen molar-refractivity contribution in [2.45, 2.75) is 5.41 Å². The van der Waals surface area contributed by atoms with Crippen LogP contribution in [0.5, 0.6) is 11.5 Å². The smallest absolute Gasteiger partial charge is 0.135 e. The molecule has 2 N–H and O–H groups in total. The zero-order valence-corrected chi connectivity index (χ0v) is 35.2. The van der Waals surface area contributed by atoms with Crippen LogP contribution < -0.4 is 9.47 Å². The Labute approximate surface area is 369 Å². The molecule has 6 nitrogen and oxygen atoms in total. The van der Waals surface area contributed by atoms with Gasteiger partial charge in [-0.1, -0.05) is 170 Å². The van der Waals surface area contributed by atoms with Crippen molar-refractivity contribution in [1.29, 1.82) is 0 Å². The second-order valence-electron chi connectivity index (χ2n) is 15.5. The van der Waals surface area contributed by atoms with E-state index in [1.165, 1.54) is 22.3 Å². The van der Waals surface area contributed by atoms with E-state index in [0.717, 1.165) is 67.1 Å². The highest BCUT2D eigenvalue weighted by Crippen LogP contribution is 2.59. The van der Waals surface area contributed by atoms with Gasteiger partial charge in [-0.15, -0.1) is 0 Å². The zero-order chi connectivity index (χ0) is 42.9. The third-order valence-corrected chi connectivity index (χ3v) is 11.8. The largest absolute Gasteiger partial charge is 0.490 e. The van der Waals surface area contributed by atoms with Gasteiger partial charge in [0.25, 0.3) is 0 Å². The lowest BCUT2D eigenvalue weighted by Crippen LogP contribution is -2.29. The molecule has 0 aromatic heterocycles. The Balaban J connectivity index is 1.39. The Morgan fingerprint density at radius 1 is 0.317 bits per heavy atom. The number of rotatable bonds is 18. The van der Waals surface area contributed by atoms with E-state index >= 15 is 0 Å². The minimum absolute atomic E-state index is 0.0472. The van der Waals surface area contributed by atoms with Gasteiger partial charge in [-0.2, -0.15) is 0 Å². The van der Waals surface area contributed by atoms with Crippen LogP contribution in [0.4, 0.5) is 0 Å². The molecule has 1 aliphatic rings. The van der Waals surface area contributed by atoms with Crippen LogP contribution in [0.3, 0.4) is 0 Å². The van der Waals surface area contributed by atoms with Crippen LogP contribution >= 0.6 is 0 Å². The molecule has 0 radical (unpaired) electrons. The summed E-state index contributed by atoms with van der Waals surface area (Å²) in [5.74, 6) is 1.53. The zero-order valence-electron chi connectivity index (χ0n) is 35.2. The molecule has 0 aliphatic heterocycles. The van der Waals surface area contributed by atoms with Gasteiger partial charge in [-0.05, 0) is 79.9 Å². The number of aliphatic hydroxyl groups excluding tert-OH is 2. The summed E-state index contributed by atoms with van der Waals surface area (Å²) in [5, 5.41) is 18.8. The fraction of sp³-hybridized carbons (Fsp3) is 0.158. The van der Waals surface area contributed by atoms with Crippen molar-refractivity contribution in [3.8, 4) is 67.1 Å². The summed E-state index contributed by atoms with van der Waals surface area (Å²) in [6.07, 6.45) is 0. The lowest BCUT2D eigenvalue weighted by atomic mass is 9.66. The molecule has 314 valence electrons. The van der Waals surface area contributed by atoms with E-state index in [9.17, 15) is 10.2 Å². The summed E-state index contributed by atoms with van der Waals surface area (Å²) in [5.41, 5.74) is 14.0. The Morgan fingerprint density at radius 3 is 0.937 bits per heavy atom. The van der Waals surface area contributed by atoms with Crippen LogP contribution in [-0.2, 0) is 14.9 Å². The van der Waals surface area contributed by atoms with E-state index in [1.54, 1.807) is 0 Å². The maximum Gasteiger partial charge on any atom is 0.135 e. The first-order valence-electron chi connectivity index (χ1n) is 21.6. The Morgan fingerprint density at radius 2 is 0.619 bits per heavy atom. The van der Waals surface area contributed by atoms with Gasteiger partial charge < -0.3 is 29.2 Å². The van der Waals surface area contributed by atoms with Crippen LogP contribution in [0.2, 0.25) is 0 Å². The van der Waals surface area contributed by atoms with Crippen molar-refractivity contribution in [3.63, 3.8) is 0 Å². The number of ether oxygens (including phenoxy) is 4. The number of hydrogen-bond donors (Lipinski definition) is 2. The van der Waals surface area contributed by atoms with E-state index in [2.05, 4.69) is 170 Å². The highest BCUT2D eigenvalue weighted by Gasteiger charge is 2.47. The SMILES string of the molecule is OCCOCCOc1c(-c2ccccc2)cc(C2(c3cc(-c4ccccc4)c(OCCOCCO)c(-c4ccccc4)c3)c3ccccc3-c3ccccc32)cc1-c1ccccc1. The summed E-state index contributed by atoms with van der Waals surface area (Å²) < 4.78 is 25.0. The van der Waals surface area contributed by atoms with Gasteiger partial charge in [0.15, 0.2) is 0 Å². The summed E-state index contributed by atoms with van der Waals surface area (Å²) in [7, 11) is 0. The third kappa shape index (κ3) is 8.30. The Kier molecular flexibility index (Phi) is 12.9. The summed E-state index contributed by atoms with van der Waals surface area (Å²) in [4.78, 5) is 0. The first kappa shape index (κ1) is 41.5. The molecule has 8 aromatic carbocycles. The topological polar surface area (TPSA) is 77.4 Å². The van der Waals surface area contributed by atoms with Crippen molar-refractivity contribution < 1.29 is 29.2 Å². The standard InChI is InChI=1S/C57H50O6/c58-29-31-60-33-35-62-55-49(41-17-5-1-6-18-41)37-45(38-50(55)42-19-7-2-8-20-42)57(53-27-15-13-25-47(53)48-26-14-16-28-54(48)57)46-39-51(43-21-9-3-10-22-43)56(63-36-34-61-32-30-59)52(40-46)44-23-11-4-12-24-44/h1-28,37-40,58-59H,29-36H2. The first-order chi connectivity index (χ1) is 31.2. The van der Waals surface area contributed by atoms with Gasteiger partial charge in [-0.25, -0.2) is 0 Å². The molecule has 0 fully saturated rings. The van der Waals surface area contributed by atoms with Crippen molar-refractivity contribution in [1.82, 2.24) is 0 Å². The number of benzene rings is 8. The fourth-order valence-corrected chi connectivity index (χ4v) is 9.09.